The van der Waals surface area contributed by atoms with E-state index in [-0.39, 0.29) is 0 Å². The van der Waals surface area contributed by atoms with Crippen molar-refractivity contribution in [3.63, 3.8) is 0 Å². The highest BCUT2D eigenvalue weighted by atomic mass is 32.1. The van der Waals surface area contributed by atoms with E-state index in [1.807, 2.05) is 11.3 Å². The SMILES string of the molecule is CCc1ccc(C2CN=C(N)N2CC2CCCO2)s1. The molecule has 4 nitrogen and oxygen atoms in total. The van der Waals surface area contributed by atoms with Gasteiger partial charge in [-0.1, -0.05) is 6.92 Å². The highest BCUT2D eigenvalue weighted by Crippen LogP contribution is 2.32. The van der Waals surface area contributed by atoms with E-state index < -0.39 is 0 Å². The first-order valence-electron chi connectivity index (χ1n) is 7.04. The first-order valence-corrected chi connectivity index (χ1v) is 7.86. The van der Waals surface area contributed by atoms with Crippen LogP contribution in [0.2, 0.25) is 0 Å². The average molecular weight is 279 g/mol. The molecule has 104 valence electrons. The van der Waals surface area contributed by atoms with Gasteiger partial charge in [0.2, 0.25) is 0 Å². The summed E-state index contributed by atoms with van der Waals surface area (Å²) in [4.78, 5) is 9.45. The molecule has 0 aromatic carbocycles. The maximum Gasteiger partial charge on any atom is 0.192 e. The van der Waals surface area contributed by atoms with E-state index in [0.29, 0.717) is 18.1 Å². The Balaban J connectivity index is 1.73. The van der Waals surface area contributed by atoms with E-state index >= 15 is 0 Å². The maximum absolute atomic E-state index is 6.05. The molecule has 2 unspecified atom stereocenters. The highest BCUT2D eigenvalue weighted by Gasteiger charge is 2.31. The minimum atomic E-state index is 0.314. The Bertz CT molecular complexity index is 465. The van der Waals surface area contributed by atoms with E-state index in [9.17, 15) is 0 Å². The van der Waals surface area contributed by atoms with Crippen LogP contribution in [0.4, 0.5) is 0 Å². The Hall–Kier alpha value is -1.07. The molecule has 1 aromatic rings. The molecule has 2 aliphatic heterocycles. The van der Waals surface area contributed by atoms with Crippen LogP contribution in [0.15, 0.2) is 17.1 Å². The normalized spacial score (nSPS) is 27.0. The topological polar surface area (TPSA) is 50.8 Å². The molecule has 5 heteroatoms. The van der Waals surface area contributed by atoms with Crippen molar-refractivity contribution in [1.82, 2.24) is 4.90 Å². The molecule has 0 saturated carbocycles. The molecule has 1 fully saturated rings. The third kappa shape index (κ3) is 2.62. The van der Waals surface area contributed by atoms with E-state index in [4.69, 9.17) is 10.5 Å². The van der Waals surface area contributed by atoms with E-state index in [1.165, 1.54) is 16.2 Å². The number of thiophene rings is 1. The van der Waals surface area contributed by atoms with Gasteiger partial charge in [-0.15, -0.1) is 11.3 Å². The smallest absolute Gasteiger partial charge is 0.192 e. The predicted molar refractivity (Wildman–Crippen MR) is 78.6 cm³/mol. The van der Waals surface area contributed by atoms with Crippen molar-refractivity contribution in [2.24, 2.45) is 10.7 Å². The van der Waals surface area contributed by atoms with Crippen molar-refractivity contribution in [3.8, 4) is 0 Å². The van der Waals surface area contributed by atoms with Gasteiger partial charge in [0.25, 0.3) is 0 Å². The average Bonchev–Trinajstić information content (AvgIpc) is 3.12. The molecule has 0 spiro atoms. The first-order chi connectivity index (χ1) is 9.28. The standard InChI is InChI=1S/C14H21N3OS/c1-2-11-5-6-13(19-11)12-8-16-14(15)17(12)9-10-4-3-7-18-10/h5-6,10,12H,2-4,7-9H2,1H3,(H2,15,16). The molecular weight excluding hydrogens is 258 g/mol. The lowest BCUT2D eigenvalue weighted by molar-refractivity contribution is 0.0856. The molecule has 2 N–H and O–H groups in total. The Morgan fingerprint density at radius 2 is 2.42 bits per heavy atom. The molecule has 0 aliphatic carbocycles. The molecule has 1 aromatic heterocycles. The highest BCUT2D eigenvalue weighted by molar-refractivity contribution is 7.12. The van der Waals surface area contributed by atoms with Crippen LogP contribution in [-0.2, 0) is 11.2 Å². The van der Waals surface area contributed by atoms with Gasteiger partial charge in [-0.25, -0.2) is 0 Å². The summed E-state index contributed by atoms with van der Waals surface area (Å²) in [5.74, 6) is 0.673. The van der Waals surface area contributed by atoms with Crippen LogP contribution in [0, 0.1) is 0 Å². The molecule has 3 heterocycles. The molecule has 3 rings (SSSR count). The van der Waals surface area contributed by atoms with Crippen molar-refractivity contribution >= 4 is 17.3 Å². The van der Waals surface area contributed by atoms with Crippen LogP contribution in [0.5, 0.6) is 0 Å². The fourth-order valence-corrected chi connectivity index (χ4v) is 3.82. The molecule has 2 atom stereocenters. The Labute approximate surface area is 118 Å². The third-order valence-corrected chi connectivity index (χ3v) is 5.21. The Kier molecular flexibility index (Phi) is 3.75. The molecule has 19 heavy (non-hydrogen) atoms. The number of ether oxygens (including phenoxy) is 1. The van der Waals surface area contributed by atoms with E-state index in [1.54, 1.807) is 0 Å². The number of rotatable bonds is 4. The summed E-state index contributed by atoms with van der Waals surface area (Å²) in [6.45, 7) is 4.74. The second-order valence-corrected chi connectivity index (χ2v) is 6.36. The zero-order valence-electron chi connectivity index (χ0n) is 11.3. The minimum Gasteiger partial charge on any atom is -0.376 e. The van der Waals surface area contributed by atoms with Crippen molar-refractivity contribution in [3.05, 3.63) is 21.9 Å². The number of hydrogen-bond acceptors (Lipinski definition) is 5. The van der Waals surface area contributed by atoms with Gasteiger partial charge in [0.1, 0.15) is 0 Å². The number of nitrogens with zero attached hydrogens (tertiary/aromatic N) is 2. The summed E-state index contributed by atoms with van der Waals surface area (Å²) in [5, 5.41) is 0. The summed E-state index contributed by atoms with van der Waals surface area (Å²) >= 11 is 1.88. The van der Waals surface area contributed by atoms with Gasteiger partial charge in [0.05, 0.1) is 18.7 Å². The first kappa shape index (κ1) is 12.9. The van der Waals surface area contributed by atoms with Crippen molar-refractivity contribution in [2.75, 3.05) is 19.7 Å². The summed E-state index contributed by atoms with van der Waals surface area (Å²) in [5.41, 5.74) is 6.05. The largest absolute Gasteiger partial charge is 0.376 e. The predicted octanol–water partition coefficient (Wildman–Crippen LogP) is 2.16. The lowest BCUT2D eigenvalue weighted by Crippen LogP contribution is -2.40. The van der Waals surface area contributed by atoms with Crippen LogP contribution in [0.1, 0.15) is 35.6 Å². The van der Waals surface area contributed by atoms with Crippen LogP contribution in [0.3, 0.4) is 0 Å². The van der Waals surface area contributed by atoms with E-state index in [0.717, 1.165) is 32.5 Å². The van der Waals surface area contributed by atoms with Gasteiger partial charge in [-0.2, -0.15) is 0 Å². The summed E-state index contributed by atoms with van der Waals surface area (Å²) in [6.07, 6.45) is 3.72. The van der Waals surface area contributed by atoms with Gasteiger partial charge in [-0.3, -0.25) is 4.99 Å². The van der Waals surface area contributed by atoms with Crippen LogP contribution >= 0.6 is 11.3 Å². The third-order valence-electron chi connectivity index (χ3n) is 3.88. The summed E-state index contributed by atoms with van der Waals surface area (Å²) in [6, 6.07) is 4.76. The van der Waals surface area contributed by atoms with Gasteiger partial charge in [0.15, 0.2) is 5.96 Å². The number of nitrogens with two attached hydrogens (primary N) is 1. The zero-order valence-corrected chi connectivity index (χ0v) is 12.2. The molecule has 0 amide bonds. The number of aliphatic imine (C=N–C) groups is 1. The van der Waals surface area contributed by atoms with Crippen molar-refractivity contribution in [1.29, 1.82) is 0 Å². The monoisotopic (exact) mass is 279 g/mol. The fraction of sp³-hybridized carbons (Fsp3) is 0.643. The van der Waals surface area contributed by atoms with Crippen LogP contribution in [0.25, 0.3) is 0 Å². The van der Waals surface area contributed by atoms with Crippen LogP contribution in [-0.4, -0.2) is 36.7 Å². The van der Waals surface area contributed by atoms with Crippen LogP contribution < -0.4 is 5.73 Å². The maximum atomic E-state index is 6.05. The lowest BCUT2D eigenvalue weighted by Gasteiger charge is -2.27. The second kappa shape index (κ2) is 5.51. The van der Waals surface area contributed by atoms with Crippen molar-refractivity contribution < 1.29 is 4.74 Å². The second-order valence-electron chi connectivity index (χ2n) is 5.16. The Morgan fingerprint density at radius 1 is 1.53 bits per heavy atom. The quantitative estimate of drug-likeness (QED) is 0.919. The molecule has 1 saturated heterocycles. The minimum absolute atomic E-state index is 0.314. The molecule has 2 aliphatic rings. The summed E-state index contributed by atoms with van der Waals surface area (Å²) < 4.78 is 5.72. The fourth-order valence-electron chi connectivity index (χ4n) is 2.76. The number of hydrogen-bond donors (Lipinski definition) is 1. The zero-order chi connectivity index (χ0) is 13.2. The number of aryl methyl sites for hydroxylation is 1. The van der Waals surface area contributed by atoms with Gasteiger partial charge < -0.3 is 15.4 Å². The lowest BCUT2D eigenvalue weighted by atomic mass is 10.2. The Morgan fingerprint density at radius 3 is 3.11 bits per heavy atom. The van der Waals surface area contributed by atoms with Gasteiger partial charge in [0, 0.05) is 22.9 Å². The van der Waals surface area contributed by atoms with E-state index in [2.05, 4.69) is 28.9 Å². The molecular formula is C14H21N3OS. The summed E-state index contributed by atoms with van der Waals surface area (Å²) in [7, 11) is 0. The van der Waals surface area contributed by atoms with Gasteiger partial charge >= 0.3 is 0 Å². The van der Waals surface area contributed by atoms with Gasteiger partial charge in [-0.05, 0) is 31.4 Å². The molecule has 0 radical (unpaired) electrons. The molecule has 0 bridgehead atoms. The van der Waals surface area contributed by atoms with Crippen molar-refractivity contribution in [2.45, 2.75) is 38.3 Å². The number of guanidine groups is 1.